The number of pyridine rings is 1. The number of terminal acetylenes is 1. The van der Waals surface area contributed by atoms with E-state index in [9.17, 15) is 17.6 Å². The molecule has 112 valence electrons. The van der Waals surface area contributed by atoms with Crippen LogP contribution in [0.5, 0.6) is 0 Å². The molecule has 1 atom stereocenters. The minimum absolute atomic E-state index is 0.346. The molecule has 1 aromatic carbocycles. The molecule has 6 heteroatoms. The monoisotopic (exact) mass is 307 g/mol. The van der Waals surface area contributed by atoms with Crippen LogP contribution in [0.25, 0.3) is 0 Å². The van der Waals surface area contributed by atoms with Gasteiger partial charge in [0.25, 0.3) is 0 Å². The van der Waals surface area contributed by atoms with Crippen molar-refractivity contribution >= 4 is 0 Å². The highest BCUT2D eigenvalue weighted by atomic mass is 19.3. The molecule has 0 radical (unpaired) electrons. The normalized spacial score (nSPS) is 20.5. The van der Waals surface area contributed by atoms with Crippen LogP contribution in [0.15, 0.2) is 36.5 Å². The van der Waals surface area contributed by atoms with Crippen LogP contribution >= 0.6 is 0 Å². The first-order chi connectivity index (χ1) is 10.4. The van der Waals surface area contributed by atoms with E-state index < -0.39 is 34.4 Å². The van der Waals surface area contributed by atoms with Gasteiger partial charge in [-0.3, -0.25) is 4.98 Å². The number of aromatic nitrogens is 1. The van der Waals surface area contributed by atoms with Crippen molar-refractivity contribution < 1.29 is 22.3 Å². The Morgan fingerprint density at radius 3 is 2.45 bits per heavy atom. The van der Waals surface area contributed by atoms with Crippen LogP contribution in [0, 0.1) is 24.0 Å². The van der Waals surface area contributed by atoms with E-state index >= 15 is 0 Å². The molecule has 0 N–H and O–H groups in total. The summed E-state index contributed by atoms with van der Waals surface area (Å²) >= 11 is 0. The van der Waals surface area contributed by atoms with Crippen LogP contribution in [0.4, 0.5) is 17.6 Å². The fraction of sp³-hybridized carbons (Fsp3) is 0.188. The summed E-state index contributed by atoms with van der Waals surface area (Å²) in [6, 6.07) is 4.80. The first-order valence-corrected chi connectivity index (χ1v) is 6.31. The number of ether oxygens (including phenoxy) is 1. The van der Waals surface area contributed by atoms with Crippen molar-refractivity contribution in [1.29, 1.82) is 0 Å². The maximum Gasteiger partial charge on any atom is 0.324 e. The van der Waals surface area contributed by atoms with Gasteiger partial charge >= 0.3 is 5.92 Å². The SMILES string of the molecule is C#Cc1ccc(C(F)(F)C2(c3ccc(F)cc3F)CO2)nc1. The first-order valence-electron chi connectivity index (χ1n) is 6.31. The van der Waals surface area contributed by atoms with E-state index in [1.165, 1.54) is 6.07 Å². The molecule has 1 fully saturated rings. The predicted octanol–water partition coefficient (Wildman–Crippen LogP) is 3.36. The van der Waals surface area contributed by atoms with Crippen molar-refractivity contribution in [3.05, 3.63) is 65.0 Å². The summed E-state index contributed by atoms with van der Waals surface area (Å²) in [6.45, 7) is -0.388. The van der Waals surface area contributed by atoms with Gasteiger partial charge in [0.05, 0.1) is 6.61 Å². The molecule has 1 saturated heterocycles. The molecule has 0 spiro atoms. The number of rotatable bonds is 3. The number of hydrogen-bond donors (Lipinski definition) is 0. The van der Waals surface area contributed by atoms with Crippen LogP contribution in [0.1, 0.15) is 16.8 Å². The van der Waals surface area contributed by atoms with Crippen molar-refractivity contribution in [2.45, 2.75) is 11.5 Å². The molecular weight excluding hydrogens is 298 g/mol. The summed E-state index contributed by atoms with van der Waals surface area (Å²) in [5, 5.41) is 0. The Hall–Kier alpha value is -2.39. The van der Waals surface area contributed by atoms with Gasteiger partial charge in [0.15, 0.2) is 5.60 Å². The summed E-state index contributed by atoms with van der Waals surface area (Å²) in [4.78, 5) is 3.63. The average molecular weight is 307 g/mol. The number of alkyl halides is 2. The third kappa shape index (κ3) is 2.06. The molecule has 0 bridgehead atoms. The van der Waals surface area contributed by atoms with E-state index in [0.29, 0.717) is 11.6 Å². The minimum atomic E-state index is -3.58. The van der Waals surface area contributed by atoms with E-state index in [2.05, 4.69) is 10.9 Å². The highest BCUT2D eigenvalue weighted by molar-refractivity contribution is 5.37. The lowest BCUT2D eigenvalue weighted by molar-refractivity contribution is -0.0901. The van der Waals surface area contributed by atoms with E-state index in [1.54, 1.807) is 0 Å². The van der Waals surface area contributed by atoms with Crippen molar-refractivity contribution in [3.63, 3.8) is 0 Å². The van der Waals surface area contributed by atoms with Crippen molar-refractivity contribution in [2.24, 2.45) is 0 Å². The molecule has 1 unspecified atom stereocenters. The maximum absolute atomic E-state index is 14.7. The van der Waals surface area contributed by atoms with Crippen molar-refractivity contribution in [3.8, 4) is 12.3 Å². The quantitative estimate of drug-likeness (QED) is 0.493. The Morgan fingerprint density at radius 1 is 1.23 bits per heavy atom. The minimum Gasteiger partial charge on any atom is -0.357 e. The van der Waals surface area contributed by atoms with Gasteiger partial charge in [0.2, 0.25) is 0 Å². The molecule has 2 heterocycles. The second-order valence-corrected chi connectivity index (χ2v) is 4.89. The smallest absolute Gasteiger partial charge is 0.324 e. The number of halogens is 4. The Labute approximate surface area is 123 Å². The van der Waals surface area contributed by atoms with Gasteiger partial charge in [0, 0.05) is 23.4 Å². The molecule has 0 saturated carbocycles. The van der Waals surface area contributed by atoms with Gasteiger partial charge in [0.1, 0.15) is 17.3 Å². The van der Waals surface area contributed by atoms with Gasteiger partial charge in [-0.25, -0.2) is 8.78 Å². The molecule has 1 aliphatic rings. The van der Waals surface area contributed by atoms with Gasteiger partial charge < -0.3 is 4.74 Å². The maximum atomic E-state index is 14.7. The zero-order valence-corrected chi connectivity index (χ0v) is 11.1. The van der Waals surface area contributed by atoms with E-state index in [4.69, 9.17) is 11.2 Å². The standard InChI is InChI=1S/C16H9F4NO/c1-2-10-3-6-14(21-8-10)16(19,20)15(9-22-15)12-5-4-11(17)7-13(12)18/h1,3-8H,9H2. The highest BCUT2D eigenvalue weighted by Crippen LogP contribution is 2.56. The zero-order valence-electron chi connectivity index (χ0n) is 11.1. The molecule has 1 aliphatic heterocycles. The molecule has 0 amide bonds. The second kappa shape index (κ2) is 4.82. The Balaban J connectivity index is 2.05. The lowest BCUT2D eigenvalue weighted by Crippen LogP contribution is -2.34. The lowest BCUT2D eigenvalue weighted by atomic mass is 9.90. The average Bonchev–Trinajstić information content (AvgIpc) is 3.29. The van der Waals surface area contributed by atoms with Crippen molar-refractivity contribution in [2.75, 3.05) is 6.61 Å². The van der Waals surface area contributed by atoms with Crippen LogP contribution in [-0.4, -0.2) is 11.6 Å². The van der Waals surface area contributed by atoms with Crippen LogP contribution in [0.3, 0.4) is 0 Å². The summed E-state index contributed by atoms with van der Waals surface area (Å²) < 4.78 is 61.1. The largest absolute Gasteiger partial charge is 0.357 e. The Bertz CT molecular complexity index is 761. The van der Waals surface area contributed by atoms with Gasteiger partial charge in [-0.1, -0.05) is 5.92 Å². The highest BCUT2D eigenvalue weighted by Gasteiger charge is 2.68. The van der Waals surface area contributed by atoms with E-state index in [-0.39, 0.29) is 6.61 Å². The second-order valence-electron chi connectivity index (χ2n) is 4.89. The topological polar surface area (TPSA) is 25.4 Å². The summed E-state index contributed by atoms with van der Waals surface area (Å²) in [7, 11) is 0. The fourth-order valence-electron chi connectivity index (χ4n) is 2.27. The summed E-state index contributed by atoms with van der Waals surface area (Å²) in [6.07, 6.45) is 6.27. The molecule has 2 nitrogen and oxygen atoms in total. The number of nitrogens with zero attached hydrogens (tertiary/aromatic N) is 1. The summed E-state index contributed by atoms with van der Waals surface area (Å²) in [5.74, 6) is -3.25. The zero-order chi connectivity index (χ0) is 16.0. The van der Waals surface area contributed by atoms with E-state index in [1.807, 2.05) is 0 Å². The summed E-state index contributed by atoms with van der Waals surface area (Å²) in [5.41, 5.74) is -2.82. The third-order valence-electron chi connectivity index (χ3n) is 3.56. The predicted molar refractivity (Wildman–Crippen MR) is 70.1 cm³/mol. The Kier molecular flexibility index (Phi) is 3.18. The fourth-order valence-corrected chi connectivity index (χ4v) is 2.27. The number of benzene rings is 1. The van der Waals surface area contributed by atoms with Gasteiger partial charge in [-0.15, -0.1) is 6.42 Å². The first kappa shape index (κ1) is 14.5. The molecule has 22 heavy (non-hydrogen) atoms. The van der Waals surface area contributed by atoms with Gasteiger partial charge in [-0.05, 0) is 24.3 Å². The number of hydrogen-bond acceptors (Lipinski definition) is 2. The third-order valence-corrected chi connectivity index (χ3v) is 3.56. The molecule has 0 aliphatic carbocycles. The molecular formula is C16H9F4NO. The molecule has 2 aromatic rings. The Morgan fingerprint density at radius 2 is 1.95 bits per heavy atom. The van der Waals surface area contributed by atoms with Crippen molar-refractivity contribution in [1.82, 2.24) is 4.98 Å². The van der Waals surface area contributed by atoms with Crippen LogP contribution < -0.4 is 0 Å². The molecule has 1 aromatic heterocycles. The van der Waals surface area contributed by atoms with Crippen LogP contribution in [-0.2, 0) is 16.3 Å². The molecule has 3 rings (SSSR count). The van der Waals surface area contributed by atoms with Gasteiger partial charge in [-0.2, -0.15) is 8.78 Å². The van der Waals surface area contributed by atoms with E-state index in [0.717, 1.165) is 24.4 Å². The van der Waals surface area contributed by atoms with Crippen LogP contribution in [0.2, 0.25) is 0 Å². The lowest BCUT2D eigenvalue weighted by Gasteiger charge is -2.24. The number of epoxide rings is 1.